The highest BCUT2D eigenvalue weighted by Crippen LogP contribution is 2.40. The van der Waals surface area contributed by atoms with E-state index in [1.165, 1.54) is 58.0 Å². The number of nitrogens with zero attached hydrogens (tertiary/aromatic N) is 4. The minimum absolute atomic E-state index is 0.0491. The third-order valence-electron chi connectivity index (χ3n) is 5.19. The highest BCUT2D eigenvalue weighted by atomic mass is 33.1. The lowest BCUT2D eigenvalue weighted by Gasteiger charge is -2.11. The lowest BCUT2D eigenvalue weighted by Crippen LogP contribution is -2.27. The number of rotatable bonds is 15. The molecule has 0 atom stereocenters. The van der Waals surface area contributed by atoms with E-state index in [1.807, 2.05) is 38.0 Å². The van der Waals surface area contributed by atoms with Crippen molar-refractivity contribution in [2.45, 2.75) is 22.6 Å². The Morgan fingerprint density at radius 2 is 1.11 bits per heavy atom. The van der Waals surface area contributed by atoms with Crippen LogP contribution in [0, 0.1) is 20.2 Å². The molecule has 12 nitrogen and oxygen atoms in total. The van der Waals surface area contributed by atoms with E-state index in [4.69, 9.17) is 0 Å². The highest BCUT2D eigenvalue weighted by Gasteiger charge is 2.22. The minimum Gasteiger partial charge on any atom is -0.352 e. The maximum absolute atomic E-state index is 12.7. The second-order valence-electron chi connectivity index (χ2n) is 8.86. The van der Waals surface area contributed by atoms with E-state index >= 15 is 0 Å². The van der Waals surface area contributed by atoms with Crippen LogP contribution in [0.5, 0.6) is 0 Å². The Kier molecular flexibility index (Phi) is 12.5. The molecule has 0 radical (unpaired) electrons. The molecule has 0 aliphatic carbocycles. The molecule has 0 saturated carbocycles. The average Bonchev–Trinajstić information content (AvgIpc) is 2.86. The molecule has 2 rings (SSSR count). The normalized spacial score (nSPS) is 11.0. The van der Waals surface area contributed by atoms with Crippen LogP contribution < -0.4 is 10.6 Å². The largest absolute Gasteiger partial charge is 0.352 e. The van der Waals surface area contributed by atoms with Gasteiger partial charge in [0, 0.05) is 35.0 Å². The van der Waals surface area contributed by atoms with Gasteiger partial charge in [-0.25, -0.2) is 0 Å². The van der Waals surface area contributed by atoms with Crippen molar-refractivity contribution in [1.29, 1.82) is 0 Å². The Balaban J connectivity index is 2.15. The fourth-order valence-corrected chi connectivity index (χ4v) is 5.27. The molecule has 0 aromatic heterocycles. The number of hydrogen-bond donors (Lipinski definition) is 2. The van der Waals surface area contributed by atoms with Crippen LogP contribution in [0.4, 0.5) is 11.4 Å². The molecule has 14 heteroatoms. The molecule has 0 spiro atoms. The Morgan fingerprint density at radius 1 is 0.737 bits per heavy atom. The number of nitro benzene ring substituents is 2. The van der Waals surface area contributed by atoms with Crippen LogP contribution in [0.25, 0.3) is 0 Å². The minimum atomic E-state index is -0.601. The van der Waals surface area contributed by atoms with Crippen molar-refractivity contribution in [3.05, 3.63) is 67.8 Å². The number of nitrogens with one attached hydrogen (secondary N) is 2. The van der Waals surface area contributed by atoms with E-state index in [1.54, 1.807) is 0 Å². The zero-order valence-electron chi connectivity index (χ0n) is 21.8. The molecule has 0 aliphatic heterocycles. The highest BCUT2D eigenvalue weighted by molar-refractivity contribution is 8.76. The van der Waals surface area contributed by atoms with E-state index in [9.17, 15) is 29.8 Å². The maximum Gasteiger partial charge on any atom is 0.282 e. The summed E-state index contributed by atoms with van der Waals surface area (Å²) in [5.74, 6) is -1.07. The summed E-state index contributed by atoms with van der Waals surface area (Å²) < 4.78 is 0. The lowest BCUT2D eigenvalue weighted by atomic mass is 10.1. The summed E-state index contributed by atoms with van der Waals surface area (Å²) in [5, 5.41) is 28.4. The van der Waals surface area contributed by atoms with E-state index < -0.39 is 21.7 Å². The zero-order valence-corrected chi connectivity index (χ0v) is 23.4. The Hall–Kier alpha value is -3.20. The first kappa shape index (κ1) is 31.0. The number of benzene rings is 2. The predicted molar refractivity (Wildman–Crippen MR) is 149 cm³/mol. The first-order valence-electron chi connectivity index (χ1n) is 11.8. The summed E-state index contributed by atoms with van der Waals surface area (Å²) in [7, 11) is 10.1. The number of hydrogen-bond acceptors (Lipinski definition) is 10. The van der Waals surface area contributed by atoms with Gasteiger partial charge in [0.1, 0.15) is 11.1 Å². The topological polar surface area (TPSA) is 151 Å². The molecule has 0 unspecified atom stereocenters. The van der Waals surface area contributed by atoms with Crippen LogP contribution in [0.3, 0.4) is 0 Å². The molecule has 2 amide bonds. The molecule has 2 aromatic rings. The van der Waals surface area contributed by atoms with Gasteiger partial charge < -0.3 is 20.4 Å². The fourth-order valence-electron chi connectivity index (χ4n) is 3.30. The van der Waals surface area contributed by atoms with Crippen LogP contribution in [0.15, 0.2) is 46.2 Å². The van der Waals surface area contributed by atoms with Gasteiger partial charge in [0.15, 0.2) is 0 Å². The molecular formula is C24H32N6O6S2. The van der Waals surface area contributed by atoms with Crippen molar-refractivity contribution in [2.24, 2.45) is 0 Å². The zero-order chi connectivity index (χ0) is 28.2. The van der Waals surface area contributed by atoms with Gasteiger partial charge in [0.25, 0.3) is 23.2 Å². The van der Waals surface area contributed by atoms with Crippen LogP contribution in [0.1, 0.15) is 33.6 Å². The van der Waals surface area contributed by atoms with Gasteiger partial charge in [0.2, 0.25) is 0 Å². The molecule has 0 saturated heterocycles. The van der Waals surface area contributed by atoms with Crippen molar-refractivity contribution in [3.8, 4) is 0 Å². The molecule has 206 valence electrons. The van der Waals surface area contributed by atoms with E-state index in [2.05, 4.69) is 10.6 Å². The molecule has 0 heterocycles. The van der Waals surface area contributed by atoms with Crippen LogP contribution >= 0.6 is 21.6 Å². The number of carbonyl (C=O) groups is 2. The first-order valence-corrected chi connectivity index (χ1v) is 13.9. The van der Waals surface area contributed by atoms with Gasteiger partial charge in [-0.05, 0) is 78.4 Å². The fraction of sp³-hybridized carbons (Fsp3) is 0.417. The SMILES string of the molecule is CN(C)CCCNC(=O)c1cc(SSc2ccc([N+](=O)[O-])c(C(=O)NCCCN(C)C)c2)ccc1[N+](=O)[O-]. The van der Waals surface area contributed by atoms with Gasteiger partial charge in [-0.3, -0.25) is 29.8 Å². The third-order valence-corrected chi connectivity index (χ3v) is 7.57. The van der Waals surface area contributed by atoms with Crippen molar-refractivity contribution in [2.75, 3.05) is 54.4 Å². The van der Waals surface area contributed by atoms with Crippen LogP contribution in [0.2, 0.25) is 0 Å². The molecule has 2 aromatic carbocycles. The quantitative estimate of drug-likeness (QED) is 0.142. The smallest absolute Gasteiger partial charge is 0.282 e. The molecule has 0 aliphatic rings. The van der Waals surface area contributed by atoms with Crippen molar-refractivity contribution in [3.63, 3.8) is 0 Å². The Labute approximate surface area is 229 Å². The van der Waals surface area contributed by atoms with Gasteiger partial charge >= 0.3 is 0 Å². The second-order valence-corrected chi connectivity index (χ2v) is 11.1. The van der Waals surface area contributed by atoms with Gasteiger partial charge in [0.05, 0.1) is 9.85 Å². The molecule has 0 bridgehead atoms. The van der Waals surface area contributed by atoms with E-state index in [0.717, 1.165) is 13.1 Å². The molecule has 0 fully saturated rings. The van der Waals surface area contributed by atoms with E-state index in [0.29, 0.717) is 35.7 Å². The summed E-state index contributed by atoms with van der Waals surface area (Å²) in [6.45, 7) is 2.28. The first-order chi connectivity index (χ1) is 18.0. The summed E-state index contributed by atoms with van der Waals surface area (Å²) in [6.07, 6.45) is 1.39. The average molecular weight is 565 g/mol. The molecule has 38 heavy (non-hydrogen) atoms. The van der Waals surface area contributed by atoms with Crippen molar-refractivity contribution in [1.82, 2.24) is 20.4 Å². The van der Waals surface area contributed by atoms with Gasteiger partial charge in [-0.15, -0.1) is 0 Å². The second kappa shape index (κ2) is 15.3. The maximum atomic E-state index is 12.7. The number of nitro groups is 2. The summed E-state index contributed by atoms with van der Waals surface area (Å²) >= 11 is 0. The van der Waals surface area contributed by atoms with Gasteiger partial charge in [-0.1, -0.05) is 21.6 Å². The van der Waals surface area contributed by atoms with Crippen LogP contribution in [-0.4, -0.2) is 85.8 Å². The van der Waals surface area contributed by atoms with Gasteiger partial charge in [-0.2, -0.15) is 0 Å². The lowest BCUT2D eigenvalue weighted by molar-refractivity contribution is -0.385. The van der Waals surface area contributed by atoms with Crippen molar-refractivity contribution >= 4 is 44.8 Å². The standard InChI is InChI=1S/C24H32N6O6S2/c1-27(2)13-5-11-25-23(31)19-15-17(7-9-21(19)29(33)34)37-38-18-8-10-22(30(35)36)20(16-18)24(32)26-12-6-14-28(3)4/h7-10,15-16H,5-6,11-14H2,1-4H3,(H,25,31)(H,26,32). The Bertz CT molecular complexity index is 1070. The monoisotopic (exact) mass is 564 g/mol. The van der Waals surface area contributed by atoms with E-state index in [-0.39, 0.29) is 22.5 Å². The third kappa shape index (κ3) is 9.93. The predicted octanol–water partition coefficient (Wildman–Crippen LogP) is 3.67. The molecular weight excluding hydrogens is 532 g/mol. The molecule has 2 N–H and O–H groups in total. The van der Waals surface area contributed by atoms with Crippen LogP contribution in [-0.2, 0) is 0 Å². The summed E-state index contributed by atoms with van der Waals surface area (Å²) in [4.78, 5) is 52.1. The number of carbonyl (C=O) groups excluding carboxylic acids is 2. The summed E-state index contributed by atoms with van der Waals surface area (Å²) in [5.41, 5.74) is -0.695. The Morgan fingerprint density at radius 3 is 1.42 bits per heavy atom. The summed E-state index contributed by atoms with van der Waals surface area (Å²) in [6, 6.07) is 8.51. The van der Waals surface area contributed by atoms with Crippen molar-refractivity contribution < 1.29 is 19.4 Å². The number of amides is 2.